The molecule has 0 saturated carbocycles. The van der Waals surface area contributed by atoms with E-state index in [4.69, 9.17) is 5.73 Å². The standard InChI is InChI=1S/C15H25N5/c1-15(2)6-4-11-12(8-15)18-14(16)19-13(11)20-7-5-10(9-20)17-3/h10,17H,4-9H2,1-3H3,(H2,16,18,19). The Morgan fingerprint density at radius 3 is 2.85 bits per heavy atom. The van der Waals surface area contributed by atoms with E-state index in [2.05, 4.69) is 34.0 Å². The van der Waals surface area contributed by atoms with E-state index in [0.29, 0.717) is 17.4 Å². The minimum atomic E-state index is 0.323. The lowest BCUT2D eigenvalue weighted by Gasteiger charge is -2.33. The monoisotopic (exact) mass is 275 g/mol. The van der Waals surface area contributed by atoms with Gasteiger partial charge >= 0.3 is 0 Å². The van der Waals surface area contributed by atoms with Gasteiger partial charge in [-0.2, -0.15) is 4.98 Å². The average molecular weight is 275 g/mol. The second kappa shape index (κ2) is 4.88. The minimum absolute atomic E-state index is 0.323. The Bertz CT molecular complexity index is 511. The largest absolute Gasteiger partial charge is 0.368 e. The molecule has 3 N–H and O–H groups in total. The van der Waals surface area contributed by atoms with Crippen molar-refractivity contribution < 1.29 is 0 Å². The number of fused-ring (bicyclic) bond motifs is 1. The SMILES string of the molecule is CNC1CCN(c2nc(N)nc3c2CCC(C)(C)C3)C1. The molecule has 1 atom stereocenters. The zero-order valence-electron chi connectivity index (χ0n) is 12.7. The fourth-order valence-electron chi connectivity index (χ4n) is 3.39. The molecule has 2 heterocycles. The third-order valence-electron chi connectivity index (χ3n) is 4.68. The maximum absolute atomic E-state index is 5.94. The van der Waals surface area contributed by atoms with Crippen LogP contribution in [0.1, 0.15) is 37.9 Å². The molecule has 2 aliphatic rings. The normalized spacial score (nSPS) is 24.8. The highest BCUT2D eigenvalue weighted by Gasteiger charge is 2.32. The highest BCUT2D eigenvalue weighted by atomic mass is 15.2. The lowest BCUT2D eigenvalue weighted by Crippen LogP contribution is -2.32. The Balaban J connectivity index is 1.94. The van der Waals surface area contributed by atoms with E-state index in [1.807, 2.05) is 7.05 Å². The third-order valence-corrected chi connectivity index (χ3v) is 4.68. The first-order chi connectivity index (χ1) is 9.48. The molecule has 5 heteroatoms. The number of nitrogen functional groups attached to an aromatic ring is 1. The van der Waals surface area contributed by atoms with E-state index < -0.39 is 0 Å². The summed E-state index contributed by atoms with van der Waals surface area (Å²) >= 11 is 0. The fourth-order valence-corrected chi connectivity index (χ4v) is 3.39. The first-order valence-electron chi connectivity index (χ1n) is 7.56. The van der Waals surface area contributed by atoms with Crippen LogP contribution in [0, 0.1) is 5.41 Å². The highest BCUT2D eigenvalue weighted by molar-refractivity contribution is 5.54. The van der Waals surface area contributed by atoms with Crippen LogP contribution in [0.15, 0.2) is 0 Å². The molecule has 0 spiro atoms. The number of aromatic nitrogens is 2. The predicted molar refractivity (Wildman–Crippen MR) is 81.9 cm³/mol. The number of likely N-dealkylation sites (N-methyl/N-ethyl adjacent to an activating group) is 1. The van der Waals surface area contributed by atoms with Crippen LogP contribution in [0.25, 0.3) is 0 Å². The van der Waals surface area contributed by atoms with Crippen LogP contribution in [-0.4, -0.2) is 36.1 Å². The first kappa shape index (κ1) is 13.6. The predicted octanol–water partition coefficient (Wildman–Crippen LogP) is 1.37. The van der Waals surface area contributed by atoms with Gasteiger partial charge in [0.2, 0.25) is 5.95 Å². The van der Waals surface area contributed by atoms with Crippen LogP contribution in [0.5, 0.6) is 0 Å². The summed E-state index contributed by atoms with van der Waals surface area (Å²) < 4.78 is 0. The van der Waals surface area contributed by atoms with Gasteiger partial charge in [0.25, 0.3) is 0 Å². The second-order valence-electron chi connectivity index (χ2n) is 6.89. The van der Waals surface area contributed by atoms with Gasteiger partial charge in [-0.05, 0) is 38.1 Å². The van der Waals surface area contributed by atoms with Crippen LogP contribution in [0.2, 0.25) is 0 Å². The summed E-state index contributed by atoms with van der Waals surface area (Å²) in [5.74, 6) is 1.50. The smallest absolute Gasteiger partial charge is 0.222 e. The van der Waals surface area contributed by atoms with Gasteiger partial charge in [-0.1, -0.05) is 13.8 Å². The maximum atomic E-state index is 5.94. The molecule has 1 aliphatic heterocycles. The molecule has 0 bridgehead atoms. The van der Waals surface area contributed by atoms with Crippen LogP contribution in [0.3, 0.4) is 0 Å². The van der Waals surface area contributed by atoms with Gasteiger partial charge in [-0.3, -0.25) is 0 Å². The number of nitrogens with two attached hydrogens (primary N) is 1. The van der Waals surface area contributed by atoms with Crippen molar-refractivity contribution in [2.45, 2.75) is 45.6 Å². The quantitative estimate of drug-likeness (QED) is 0.853. The van der Waals surface area contributed by atoms with Crippen molar-refractivity contribution in [3.63, 3.8) is 0 Å². The number of nitrogens with zero attached hydrogens (tertiary/aromatic N) is 3. The molecule has 1 saturated heterocycles. The molecule has 1 fully saturated rings. The molecular formula is C15H25N5. The molecule has 1 aliphatic carbocycles. The van der Waals surface area contributed by atoms with E-state index >= 15 is 0 Å². The number of anilines is 2. The molecule has 0 radical (unpaired) electrons. The Kier molecular flexibility index (Phi) is 3.32. The van der Waals surface area contributed by atoms with Gasteiger partial charge in [-0.25, -0.2) is 4.98 Å². The Morgan fingerprint density at radius 2 is 2.15 bits per heavy atom. The molecule has 0 aromatic carbocycles. The van der Waals surface area contributed by atoms with Crippen molar-refractivity contribution in [3.8, 4) is 0 Å². The summed E-state index contributed by atoms with van der Waals surface area (Å²) in [7, 11) is 2.03. The topological polar surface area (TPSA) is 67.1 Å². The minimum Gasteiger partial charge on any atom is -0.368 e. The van der Waals surface area contributed by atoms with E-state index in [9.17, 15) is 0 Å². The van der Waals surface area contributed by atoms with Crippen molar-refractivity contribution >= 4 is 11.8 Å². The number of hydrogen-bond acceptors (Lipinski definition) is 5. The van der Waals surface area contributed by atoms with E-state index in [1.54, 1.807) is 0 Å². The van der Waals surface area contributed by atoms with Crippen LogP contribution in [0.4, 0.5) is 11.8 Å². The van der Waals surface area contributed by atoms with Crippen molar-refractivity contribution in [1.82, 2.24) is 15.3 Å². The average Bonchev–Trinajstić information content (AvgIpc) is 2.84. The number of rotatable bonds is 2. The molecule has 3 rings (SSSR count). The summed E-state index contributed by atoms with van der Waals surface area (Å²) in [6.07, 6.45) is 4.44. The van der Waals surface area contributed by atoms with Crippen molar-refractivity contribution in [1.29, 1.82) is 0 Å². The van der Waals surface area contributed by atoms with Gasteiger partial charge < -0.3 is 16.0 Å². The first-order valence-corrected chi connectivity index (χ1v) is 7.56. The van der Waals surface area contributed by atoms with Gasteiger partial charge in [0, 0.05) is 24.7 Å². The molecule has 1 aromatic heterocycles. The Labute approximate surface area is 121 Å². The number of hydrogen-bond donors (Lipinski definition) is 2. The van der Waals surface area contributed by atoms with E-state index in [-0.39, 0.29) is 0 Å². The summed E-state index contributed by atoms with van der Waals surface area (Å²) in [6.45, 7) is 6.68. The summed E-state index contributed by atoms with van der Waals surface area (Å²) in [6, 6.07) is 0.557. The summed E-state index contributed by atoms with van der Waals surface area (Å²) in [5, 5.41) is 3.36. The third kappa shape index (κ3) is 2.46. The lowest BCUT2D eigenvalue weighted by atomic mass is 9.76. The van der Waals surface area contributed by atoms with Crippen LogP contribution in [-0.2, 0) is 12.8 Å². The fraction of sp³-hybridized carbons (Fsp3) is 0.733. The maximum Gasteiger partial charge on any atom is 0.222 e. The zero-order chi connectivity index (χ0) is 14.3. The van der Waals surface area contributed by atoms with E-state index in [0.717, 1.165) is 37.4 Å². The Hall–Kier alpha value is -1.36. The Morgan fingerprint density at radius 1 is 1.35 bits per heavy atom. The summed E-state index contributed by atoms with van der Waals surface area (Å²) in [5.41, 5.74) is 8.76. The van der Waals surface area contributed by atoms with Crippen LogP contribution < -0.4 is 16.0 Å². The molecule has 20 heavy (non-hydrogen) atoms. The van der Waals surface area contributed by atoms with Crippen molar-refractivity contribution in [2.24, 2.45) is 5.41 Å². The molecule has 0 amide bonds. The van der Waals surface area contributed by atoms with Gasteiger partial charge in [0.05, 0.1) is 5.69 Å². The molecule has 5 nitrogen and oxygen atoms in total. The second-order valence-corrected chi connectivity index (χ2v) is 6.89. The molecular weight excluding hydrogens is 250 g/mol. The van der Waals surface area contributed by atoms with Gasteiger partial charge in [0.15, 0.2) is 0 Å². The highest BCUT2D eigenvalue weighted by Crippen LogP contribution is 2.38. The zero-order valence-corrected chi connectivity index (χ0v) is 12.7. The van der Waals surface area contributed by atoms with Gasteiger partial charge in [0.1, 0.15) is 5.82 Å². The van der Waals surface area contributed by atoms with Crippen molar-refractivity contribution in [2.75, 3.05) is 30.8 Å². The molecule has 1 aromatic rings. The molecule has 1 unspecified atom stereocenters. The number of nitrogens with one attached hydrogen (secondary N) is 1. The lowest BCUT2D eigenvalue weighted by molar-refractivity contribution is 0.310. The van der Waals surface area contributed by atoms with Crippen LogP contribution >= 0.6 is 0 Å². The van der Waals surface area contributed by atoms with E-state index in [1.165, 1.54) is 18.4 Å². The summed E-state index contributed by atoms with van der Waals surface area (Å²) in [4.78, 5) is 11.4. The van der Waals surface area contributed by atoms with Gasteiger partial charge in [-0.15, -0.1) is 0 Å². The van der Waals surface area contributed by atoms with Crippen molar-refractivity contribution in [3.05, 3.63) is 11.3 Å². The molecule has 110 valence electrons.